The number of fused-ring (bicyclic) bond motifs is 2. The number of rotatable bonds is 9. The first kappa shape index (κ1) is 25.7. The molecule has 2 N–H and O–H groups in total. The van der Waals surface area contributed by atoms with E-state index in [1.54, 1.807) is 6.20 Å². The van der Waals surface area contributed by atoms with Crippen LogP contribution in [-0.4, -0.2) is 53.5 Å². The number of unbranched alkanes of at least 4 members (excludes halogenated alkanes) is 1. The van der Waals surface area contributed by atoms with Crippen molar-refractivity contribution in [2.45, 2.75) is 25.8 Å². The molecule has 1 saturated heterocycles. The summed E-state index contributed by atoms with van der Waals surface area (Å²) in [5.41, 5.74) is 5.77. The Bertz CT molecular complexity index is 1660. The number of furan rings is 1. The number of aromatic nitrogens is 2. The van der Waals surface area contributed by atoms with Crippen LogP contribution in [0.25, 0.3) is 21.9 Å². The maximum Gasteiger partial charge on any atom is 0.287 e. The summed E-state index contributed by atoms with van der Waals surface area (Å²) in [5.74, 6) is 0.0691. The van der Waals surface area contributed by atoms with Crippen molar-refractivity contribution in [2.75, 3.05) is 37.6 Å². The second-order valence-corrected chi connectivity index (χ2v) is 10.3. The molecular formula is C32H32N6O2. The van der Waals surface area contributed by atoms with E-state index in [9.17, 15) is 10.1 Å². The molecule has 4 heterocycles. The summed E-state index contributed by atoms with van der Waals surface area (Å²) in [4.78, 5) is 25.1. The van der Waals surface area contributed by atoms with Gasteiger partial charge in [-0.05, 0) is 86.0 Å². The van der Waals surface area contributed by atoms with Crippen LogP contribution in [0.15, 0.2) is 77.5 Å². The number of carbonyl (C=O) groups excluding carboxylic acids is 1. The van der Waals surface area contributed by atoms with Crippen LogP contribution in [-0.2, 0) is 13.0 Å². The Balaban J connectivity index is 0.977. The minimum Gasteiger partial charge on any atom is -0.451 e. The van der Waals surface area contributed by atoms with Crippen LogP contribution in [0.5, 0.6) is 0 Å². The van der Waals surface area contributed by atoms with Crippen LogP contribution < -0.4 is 10.2 Å². The molecule has 0 unspecified atom stereocenters. The second-order valence-electron chi connectivity index (χ2n) is 10.3. The summed E-state index contributed by atoms with van der Waals surface area (Å²) in [6.45, 7) is 5.46. The number of nitrogens with zero attached hydrogens (tertiary/aromatic N) is 4. The number of benzene rings is 2. The van der Waals surface area contributed by atoms with Crippen LogP contribution >= 0.6 is 0 Å². The molecule has 0 saturated carbocycles. The van der Waals surface area contributed by atoms with Crippen molar-refractivity contribution in [3.63, 3.8) is 0 Å². The van der Waals surface area contributed by atoms with E-state index in [0.29, 0.717) is 23.5 Å². The highest BCUT2D eigenvalue weighted by Gasteiger charge is 2.19. The van der Waals surface area contributed by atoms with Gasteiger partial charge < -0.3 is 19.6 Å². The zero-order valence-corrected chi connectivity index (χ0v) is 22.4. The van der Waals surface area contributed by atoms with Crippen LogP contribution in [0.2, 0.25) is 0 Å². The van der Waals surface area contributed by atoms with Gasteiger partial charge in [0, 0.05) is 60.5 Å². The van der Waals surface area contributed by atoms with Gasteiger partial charge in [-0.1, -0.05) is 6.07 Å². The van der Waals surface area contributed by atoms with Gasteiger partial charge in [0.15, 0.2) is 5.76 Å². The number of hydrogen-bond acceptors (Lipinski definition) is 6. The average Bonchev–Trinajstić information content (AvgIpc) is 3.62. The standard InChI is InChI=1S/C32H32N6O2/c33-20-23-7-9-29-28(17-23)24(21-35-29)5-2-4-12-37-13-15-38(16-14-37)27-8-10-30-25(18-27)19-31(40-30)32(39)36-22-26-6-1-3-11-34-26/h1,3,6-11,17-19,21,35H,2,4-5,12-16,22H2,(H,36,39). The van der Waals surface area contributed by atoms with Crippen LogP contribution in [0.1, 0.15) is 40.2 Å². The van der Waals surface area contributed by atoms with E-state index in [1.165, 1.54) is 10.9 Å². The number of pyridine rings is 1. The Kier molecular flexibility index (Phi) is 7.47. The first-order chi connectivity index (χ1) is 19.7. The molecule has 8 heteroatoms. The summed E-state index contributed by atoms with van der Waals surface area (Å²) in [6.07, 6.45) is 7.08. The predicted molar refractivity (Wildman–Crippen MR) is 156 cm³/mol. The van der Waals surface area contributed by atoms with E-state index in [0.717, 1.165) is 74.3 Å². The number of hydrogen-bond donors (Lipinski definition) is 2. The van der Waals surface area contributed by atoms with Gasteiger partial charge in [-0.3, -0.25) is 14.7 Å². The highest BCUT2D eigenvalue weighted by molar-refractivity contribution is 5.96. The van der Waals surface area contributed by atoms with Gasteiger partial charge in [-0.25, -0.2) is 0 Å². The molecule has 5 aromatic rings. The van der Waals surface area contributed by atoms with Crippen molar-refractivity contribution in [1.29, 1.82) is 5.26 Å². The Morgan fingerprint density at radius 2 is 1.95 bits per heavy atom. The Morgan fingerprint density at radius 1 is 1.05 bits per heavy atom. The summed E-state index contributed by atoms with van der Waals surface area (Å²) < 4.78 is 5.82. The summed E-state index contributed by atoms with van der Waals surface area (Å²) in [6, 6.07) is 21.7. The molecule has 1 aliphatic rings. The lowest BCUT2D eigenvalue weighted by molar-refractivity contribution is 0.0925. The van der Waals surface area contributed by atoms with Gasteiger partial charge >= 0.3 is 0 Å². The molecule has 6 rings (SSSR count). The summed E-state index contributed by atoms with van der Waals surface area (Å²) in [7, 11) is 0. The van der Waals surface area contributed by atoms with E-state index in [1.807, 2.05) is 48.5 Å². The maximum absolute atomic E-state index is 12.6. The van der Waals surface area contributed by atoms with Gasteiger partial charge in [0.2, 0.25) is 0 Å². The highest BCUT2D eigenvalue weighted by Crippen LogP contribution is 2.26. The largest absolute Gasteiger partial charge is 0.451 e. The zero-order valence-electron chi connectivity index (χ0n) is 22.4. The van der Waals surface area contributed by atoms with Gasteiger partial charge in [0.05, 0.1) is 23.9 Å². The third-order valence-corrected chi connectivity index (χ3v) is 7.68. The second kappa shape index (κ2) is 11.6. The van der Waals surface area contributed by atoms with E-state index >= 15 is 0 Å². The molecule has 1 fully saturated rings. The molecule has 0 bridgehead atoms. The first-order valence-electron chi connectivity index (χ1n) is 13.9. The molecule has 0 radical (unpaired) electrons. The van der Waals surface area contributed by atoms with E-state index < -0.39 is 0 Å². The van der Waals surface area contributed by atoms with E-state index in [2.05, 4.69) is 49.5 Å². The number of amides is 1. The molecular weight excluding hydrogens is 500 g/mol. The highest BCUT2D eigenvalue weighted by atomic mass is 16.3. The predicted octanol–water partition coefficient (Wildman–Crippen LogP) is 5.26. The van der Waals surface area contributed by atoms with Gasteiger partial charge in [0.1, 0.15) is 5.58 Å². The quantitative estimate of drug-likeness (QED) is 0.251. The van der Waals surface area contributed by atoms with Crippen molar-refractivity contribution in [2.24, 2.45) is 0 Å². The molecule has 40 heavy (non-hydrogen) atoms. The van der Waals surface area contributed by atoms with Crippen LogP contribution in [0, 0.1) is 11.3 Å². The molecule has 8 nitrogen and oxygen atoms in total. The molecule has 1 amide bonds. The fourth-order valence-electron chi connectivity index (χ4n) is 5.44. The number of H-pyrrole nitrogens is 1. The van der Waals surface area contributed by atoms with E-state index in [-0.39, 0.29) is 5.91 Å². The summed E-state index contributed by atoms with van der Waals surface area (Å²) in [5, 5.41) is 14.2. The zero-order chi connectivity index (χ0) is 27.3. The van der Waals surface area contributed by atoms with Gasteiger partial charge in [-0.2, -0.15) is 5.26 Å². The molecule has 0 atom stereocenters. The number of carbonyl (C=O) groups is 1. The monoisotopic (exact) mass is 532 g/mol. The third kappa shape index (κ3) is 5.70. The molecule has 1 aliphatic heterocycles. The fourth-order valence-corrected chi connectivity index (χ4v) is 5.44. The molecule has 0 spiro atoms. The number of anilines is 1. The Labute approximate surface area is 233 Å². The van der Waals surface area contributed by atoms with Crippen molar-refractivity contribution >= 4 is 33.5 Å². The normalized spacial score (nSPS) is 14.0. The fraction of sp³-hybridized carbons (Fsp3) is 0.281. The Hall–Kier alpha value is -4.61. The number of aromatic amines is 1. The lowest BCUT2D eigenvalue weighted by Gasteiger charge is -2.36. The molecule has 202 valence electrons. The van der Waals surface area contributed by atoms with Crippen molar-refractivity contribution in [1.82, 2.24) is 20.2 Å². The number of nitrogens with one attached hydrogen (secondary N) is 2. The first-order valence-corrected chi connectivity index (χ1v) is 13.9. The molecule has 2 aromatic carbocycles. The van der Waals surface area contributed by atoms with Gasteiger partial charge in [0.25, 0.3) is 5.91 Å². The van der Waals surface area contributed by atoms with Crippen molar-refractivity contribution < 1.29 is 9.21 Å². The minimum absolute atomic E-state index is 0.242. The summed E-state index contributed by atoms with van der Waals surface area (Å²) >= 11 is 0. The van der Waals surface area contributed by atoms with Crippen molar-refractivity contribution in [3.8, 4) is 6.07 Å². The number of aryl methyl sites for hydroxylation is 1. The molecule has 0 aliphatic carbocycles. The number of piperazine rings is 1. The van der Waals surface area contributed by atoms with E-state index in [4.69, 9.17) is 4.42 Å². The average molecular weight is 533 g/mol. The van der Waals surface area contributed by atoms with Crippen LogP contribution in [0.4, 0.5) is 5.69 Å². The minimum atomic E-state index is -0.242. The maximum atomic E-state index is 12.6. The SMILES string of the molecule is N#Cc1ccc2[nH]cc(CCCCN3CCN(c4ccc5oc(C(=O)NCc6ccccn6)cc5c4)CC3)c2c1. The lowest BCUT2D eigenvalue weighted by atomic mass is 10.1. The topological polar surface area (TPSA) is 101 Å². The molecule has 3 aromatic heterocycles. The van der Waals surface area contributed by atoms with Crippen molar-refractivity contribution in [3.05, 3.63) is 95.6 Å². The van der Waals surface area contributed by atoms with Gasteiger partial charge in [-0.15, -0.1) is 0 Å². The van der Waals surface area contributed by atoms with Crippen LogP contribution in [0.3, 0.4) is 0 Å². The third-order valence-electron chi connectivity index (χ3n) is 7.68. The number of nitriles is 1. The smallest absolute Gasteiger partial charge is 0.287 e. The lowest BCUT2D eigenvalue weighted by Crippen LogP contribution is -2.46. The Morgan fingerprint density at radius 3 is 2.77 bits per heavy atom.